The first kappa shape index (κ1) is 22.3. The maximum Gasteiger partial charge on any atom is 0.300 e. The second-order valence-corrected chi connectivity index (χ2v) is 8.26. The molecule has 1 N–H and O–H groups in total. The summed E-state index contributed by atoms with van der Waals surface area (Å²) < 4.78 is 5.27. The Bertz CT molecular complexity index is 1240. The summed E-state index contributed by atoms with van der Waals surface area (Å²) in [6.07, 6.45) is 0.869. The molecular weight excluding hydrogens is 414 g/mol. The van der Waals surface area contributed by atoms with Crippen molar-refractivity contribution in [3.63, 3.8) is 0 Å². The summed E-state index contributed by atoms with van der Waals surface area (Å²) in [5.41, 5.74) is 5.10. The molecule has 3 aromatic rings. The molecule has 0 bridgehead atoms. The highest BCUT2D eigenvalue weighted by Gasteiger charge is 2.47. The van der Waals surface area contributed by atoms with Gasteiger partial charge in [-0.25, -0.2) is 0 Å². The van der Waals surface area contributed by atoms with E-state index in [0.29, 0.717) is 22.6 Å². The van der Waals surface area contributed by atoms with Crippen LogP contribution in [0.15, 0.2) is 72.3 Å². The molecule has 1 atom stereocenters. The second-order valence-electron chi connectivity index (χ2n) is 8.26. The van der Waals surface area contributed by atoms with Crippen molar-refractivity contribution < 1.29 is 19.4 Å². The number of ketones is 1. The Kier molecular flexibility index (Phi) is 6.05. The molecule has 5 nitrogen and oxygen atoms in total. The first-order chi connectivity index (χ1) is 15.8. The van der Waals surface area contributed by atoms with Crippen LogP contribution in [0, 0.1) is 13.8 Å². The van der Waals surface area contributed by atoms with E-state index in [4.69, 9.17) is 4.74 Å². The van der Waals surface area contributed by atoms with Gasteiger partial charge in [-0.1, -0.05) is 43.3 Å². The molecule has 0 aromatic heterocycles. The van der Waals surface area contributed by atoms with Gasteiger partial charge in [0.05, 0.1) is 18.7 Å². The van der Waals surface area contributed by atoms with E-state index in [-0.39, 0.29) is 11.3 Å². The molecule has 168 valence electrons. The molecule has 0 aliphatic carbocycles. The number of benzene rings is 3. The summed E-state index contributed by atoms with van der Waals surface area (Å²) in [4.78, 5) is 28.0. The summed E-state index contributed by atoms with van der Waals surface area (Å²) in [6, 6.07) is 19.5. The zero-order valence-corrected chi connectivity index (χ0v) is 19.3. The smallest absolute Gasteiger partial charge is 0.300 e. The predicted octanol–water partition coefficient (Wildman–Crippen LogP) is 5.50. The molecule has 1 aliphatic heterocycles. The highest BCUT2D eigenvalue weighted by Crippen LogP contribution is 2.42. The third-order valence-electron chi connectivity index (χ3n) is 6.28. The minimum absolute atomic E-state index is 0.0768. The van der Waals surface area contributed by atoms with Gasteiger partial charge in [0, 0.05) is 11.3 Å². The lowest BCUT2D eigenvalue weighted by Crippen LogP contribution is -2.29. The van der Waals surface area contributed by atoms with Gasteiger partial charge in [-0.15, -0.1) is 0 Å². The number of aryl methyl sites for hydroxylation is 3. The van der Waals surface area contributed by atoms with Crippen LogP contribution in [-0.4, -0.2) is 23.9 Å². The Morgan fingerprint density at radius 1 is 0.939 bits per heavy atom. The van der Waals surface area contributed by atoms with Crippen molar-refractivity contribution in [3.8, 4) is 5.75 Å². The van der Waals surface area contributed by atoms with E-state index in [1.54, 1.807) is 25.3 Å². The monoisotopic (exact) mass is 441 g/mol. The molecule has 1 amide bonds. The van der Waals surface area contributed by atoms with Gasteiger partial charge in [-0.05, 0) is 72.9 Å². The Hall–Kier alpha value is -3.86. The molecule has 0 spiro atoms. The lowest BCUT2D eigenvalue weighted by Gasteiger charge is -2.26. The van der Waals surface area contributed by atoms with Crippen LogP contribution in [0.4, 0.5) is 5.69 Å². The van der Waals surface area contributed by atoms with Crippen LogP contribution >= 0.6 is 0 Å². The zero-order chi connectivity index (χ0) is 23.7. The van der Waals surface area contributed by atoms with E-state index in [1.165, 1.54) is 4.90 Å². The van der Waals surface area contributed by atoms with E-state index in [2.05, 4.69) is 6.92 Å². The lowest BCUT2D eigenvalue weighted by molar-refractivity contribution is -0.132. The molecule has 5 heteroatoms. The molecule has 0 radical (unpaired) electrons. The molecule has 3 aromatic carbocycles. The standard InChI is InChI=1S/C28H27NO4/c1-5-19-7-12-22(13-8-19)29-25(20-10-14-23(33-4)15-11-20)24(27(31)28(29)32)26(30)21-9-6-17(2)18(3)16-21/h6-16,25,30H,5H2,1-4H3/b26-24-. The number of ether oxygens (including phenoxy) is 1. The van der Waals surface area contributed by atoms with Gasteiger partial charge in [0.25, 0.3) is 11.7 Å². The van der Waals surface area contributed by atoms with E-state index in [0.717, 1.165) is 23.1 Å². The van der Waals surface area contributed by atoms with Crippen LogP contribution in [-0.2, 0) is 16.0 Å². The Labute approximate surface area is 193 Å². The molecule has 33 heavy (non-hydrogen) atoms. The number of nitrogens with zero attached hydrogens (tertiary/aromatic N) is 1. The first-order valence-corrected chi connectivity index (χ1v) is 11.0. The molecule has 0 saturated carbocycles. The Morgan fingerprint density at radius 3 is 2.18 bits per heavy atom. The quantitative estimate of drug-likeness (QED) is 0.322. The number of rotatable bonds is 5. The minimum Gasteiger partial charge on any atom is -0.507 e. The van der Waals surface area contributed by atoms with Gasteiger partial charge >= 0.3 is 0 Å². The zero-order valence-electron chi connectivity index (χ0n) is 19.3. The number of aliphatic hydroxyl groups is 1. The highest BCUT2D eigenvalue weighted by atomic mass is 16.5. The third-order valence-corrected chi connectivity index (χ3v) is 6.28. The van der Waals surface area contributed by atoms with E-state index in [1.807, 2.05) is 62.4 Å². The number of amides is 1. The van der Waals surface area contributed by atoms with Crippen molar-refractivity contribution in [2.45, 2.75) is 33.2 Å². The van der Waals surface area contributed by atoms with Crippen molar-refractivity contribution >= 4 is 23.1 Å². The second kappa shape index (κ2) is 8.94. The van der Waals surface area contributed by atoms with Crippen molar-refractivity contribution in [1.29, 1.82) is 0 Å². The molecular formula is C28H27NO4. The van der Waals surface area contributed by atoms with E-state index in [9.17, 15) is 14.7 Å². The van der Waals surface area contributed by atoms with Crippen LogP contribution in [0.3, 0.4) is 0 Å². The number of Topliss-reactive ketones (excluding diaryl/α,β-unsaturated/α-hetero) is 1. The maximum absolute atomic E-state index is 13.3. The first-order valence-electron chi connectivity index (χ1n) is 11.0. The van der Waals surface area contributed by atoms with Crippen molar-refractivity contribution in [2.24, 2.45) is 0 Å². The largest absolute Gasteiger partial charge is 0.507 e. The predicted molar refractivity (Wildman–Crippen MR) is 130 cm³/mol. The summed E-state index contributed by atoms with van der Waals surface area (Å²) in [5.74, 6) is -0.876. The number of hydrogen-bond acceptors (Lipinski definition) is 4. The minimum atomic E-state index is -0.759. The summed E-state index contributed by atoms with van der Waals surface area (Å²) in [6.45, 7) is 5.98. The number of anilines is 1. The lowest BCUT2D eigenvalue weighted by atomic mass is 9.94. The fourth-order valence-corrected chi connectivity index (χ4v) is 4.14. The molecule has 1 unspecified atom stereocenters. The van der Waals surface area contributed by atoms with Gasteiger partial charge in [-0.2, -0.15) is 0 Å². The molecule has 1 aliphatic rings. The van der Waals surface area contributed by atoms with Crippen molar-refractivity contribution in [1.82, 2.24) is 0 Å². The third kappa shape index (κ3) is 4.02. The normalized spacial score (nSPS) is 17.5. The molecule has 1 fully saturated rings. The molecule has 4 rings (SSSR count). The van der Waals surface area contributed by atoms with Crippen LogP contribution < -0.4 is 9.64 Å². The maximum atomic E-state index is 13.3. The summed E-state index contributed by atoms with van der Waals surface area (Å²) >= 11 is 0. The summed E-state index contributed by atoms with van der Waals surface area (Å²) in [5, 5.41) is 11.3. The number of hydrogen-bond donors (Lipinski definition) is 1. The summed E-state index contributed by atoms with van der Waals surface area (Å²) in [7, 11) is 1.58. The van der Waals surface area contributed by atoms with Crippen molar-refractivity contribution in [3.05, 3.63) is 100 Å². The van der Waals surface area contributed by atoms with Gasteiger partial charge in [0.15, 0.2) is 0 Å². The van der Waals surface area contributed by atoms with Crippen LogP contribution in [0.5, 0.6) is 5.75 Å². The molecule has 1 heterocycles. The SMILES string of the molecule is CCc1ccc(N2C(=O)C(=O)/C(=C(\O)c3ccc(C)c(C)c3)C2c2ccc(OC)cc2)cc1. The Balaban J connectivity index is 1.92. The van der Waals surface area contributed by atoms with Crippen LogP contribution in [0.25, 0.3) is 5.76 Å². The number of methoxy groups -OCH3 is 1. The van der Waals surface area contributed by atoms with Crippen LogP contribution in [0.1, 0.15) is 40.8 Å². The van der Waals surface area contributed by atoms with Gasteiger partial charge in [0.1, 0.15) is 11.5 Å². The van der Waals surface area contributed by atoms with Crippen LogP contribution in [0.2, 0.25) is 0 Å². The number of aliphatic hydroxyl groups excluding tert-OH is 1. The fourth-order valence-electron chi connectivity index (χ4n) is 4.14. The highest BCUT2D eigenvalue weighted by molar-refractivity contribution is 6.51. The van der Waals surface area contributed by atoms with Gasteiger partial charge in [-0.3, -0.25) is 14.5 Å². The van der Waals surface area contributed by atoms with E-state index < -0.39 is 17.7 Å². The average molecular weight is 442 g/mol. The Morgan fingerprint density at radius 2 is 1.61 bits per heavy atom. The van der Waals surface area contributed by atoms with Crippen molar-refractivity contribution in [2.75, 3.05) is 12.0 Å². The number of carbonyl (C=O) groups is 2. The molecule has 1 saturated heterocycles. The van der Waals surface area contributed by atoms with Gasteiger partial charge < -0.3 is 9.84 Å². The topological polar surface area (TPSA) is 66.8 Å². The fraction of sp³-hybridized carbons (Fsp3) is 0.214. The average Bonchev–Trinajstić information content (AvgIpc) is 3.10. The number of carbonyl (C=O) groups excluding carboxylic acids is 2. The van der Waals surface area contributed by atoms with Gasteiger partial charge in [0.2, 0.25) is 0 Å². The van der Waals surface area contributed by atoms with E-state index >= 15 is 0 Å².